The van der Waals surface area contributed by atoms with Gasteiger partial charge in [0, 0.05) is 23.6 Å². The maximum Gasteiger partial charge on any atom is 0.407 e. The minimum absolute atomic E-state index is 0.264. The van der Waals surface area contributed by atoms with Crippen molar-refractivity contribution in [2.24, 2.45) is 0 Å². The van der Waals surface area contributed by atoms with Gasteiger partial charge in [0.1, 0.15) is 6.61 Å². The van der Waals surface area contributed by atoms with Crippen molar-refractivity contribution in [3.8, 4) is 11.8 Å². The molecule has 0 heterocycles. The van der Waals surface area contributed by atoms with Gasteiger partial charge < -0.3 is 10.1 Å². The molecule has 0 aromatic heterocycles. The van der Waals surface area contributed by atoms with E-state index in [0.717, 1.165) is 16.7 Å². The Morgan fingerprint density at radius 3 is 2.74 bits per heavy atom. The lowest BCUT2D eigenvalue weighted by molar-refractivity contribution is 0.140. The predicted octanol–water partition coefficient (Wildman–Crippen LogP) is 4.32. The van der Waals surface area contributed by atoms with E-state index in [9.17, 15) is 4.79 Å². The van der Waals surface area contributed by atoms with Crippen LogP contribution in [0.25, 0.3) is 0 Å². The van der Waals surface area contributed by atoms with E-state index in [4.69, 9.17) is 16.3 Å². The van der Waals surface area contributed by atoms with Crippen LogP contribution < -0.4 is 5.32 Å². The van der Waals surface area contributed by atoms with Crippen LogP contribution in [0.2, 0.25) is 5.02 Å². The first-order valence-corrected chi connectivity index (χ1v) is 7.72. The molecule has 0 unspecified atom stereocenters. The molecule has 2 aromatic rings. The average Bonchev–Trinajstić information content (AvgIpc) is 2.53. The fourth-order valence-corrected chi connectivity index (χ4v) is 2.26. The van der Waals surface area contributed by atoms with E-state index >= 15 is 0 Å². The summed E-state index contributed by atoms with van der Waals surface area (Å²) in [5.74, 6) is 6.04. The molecule has 2 rings (SSSR count). The smallest absolute Gasteiger partial charge is 0.407 e. The Kier molecular flexibility index (Phi) is 6.53. The molecule has 0 aliphatic heterocycles. The number of aryl methyl sites for hydroxylation is 1. The van der Waals surface area contributed by atoms with Gasteiger partial charge in [-0.25, -0.2) is 4.79 Å². The zero-order valence-corrected chi connectivity index (χ0v) is 13.7. The summed E-state index contributed by atoms with van der Waals surface area (Å²) >= 11 is 5.98. The fourth-order valence-electron chi connectivity index (χ4n) is 1.97. The topological polar surface area (TPSA) is 38.3 Å². The van der Waals surface area contributed by atoms with Crippen LogP contribution >= 0.6 is 11.6 Å². The van der Waals surface area contributed by atoms with Crippen molar-refractivity contribution >= 4 is 17.7 Å². The second kappa shape index (κ2) is 8.87. The van der Waals surface area contributed by atoms with Gasteiger partial charge in [-0.15, -0.1) is 0 Å². The normalized spacial score (nSPS) is 9.65. The number of nitrogens with one attached hydrogen (secondary N) is 1. The van der Waals surface area contributed by atoms with Crippen LogP contribution in [0, 0.1) is 18.8 Å². The number of alkyl carbamates (subject to hydrolysis) is 1. The summed E-state index contributed by atoms with van der Waals surface area (Å²) in [4.78, 5) is 11.5. The standard InChI is InChI=1S/C19H18ClNO2/c1-15-11-17(13-18(20)12-15)9-5-6-10-21-19(22)23-14-16-7-3-2-4-8-16/h2-4,7-8,11-13H,6,10,14H2,1H3,(H,21,22). The van der Waals surface area contributed by atoms with E-state index in [1.54, 1.807) is 0 Å². The third-order valence-corrected chi connectivity index (χ3v) is 3.23. The van der Waals surface area contributed by atoms with Crippen molar-refractivity contribution in [1.82, 2.24) is 5.32 Å². The third kappa shape index (κ3) is 6.46. The highest BCUT2D eigenvalue weighted by Crippen LogP contribution is 2.13. The molecule has 0 saturated carbocycles. The van der Waals surface area contributed by atoms with E-state index < -0.39 is 6.09 Å². The summed E-state index contributed by atoms with van der Waals surface area (Å²) in [5, 5.41) is 3.35. The molecule has 0 spiro atoms. The fraction of sp³-hybridized carbons (Fsp3) is 0.211. The maximum absolute atomic E-state index is 11.5. The number of ether oxygens (including phenoxy) is 1. The Bertz CT molecular complexity index is 697. The van der Waals surface area contributed by atoms with Gasteiger partial charge in [0.25, 0.3) is 0 Å². The highest BCUT2D eigenvalue weighted by Gasteiger charge is 2.00. The van der Waals surface area contributed by atoms with Gasteiger partial charge in [-0.2, -0.15) is 0 Å². The molecule has 3 nitrogen and oxygen atoms in total. The monoisotopic (exact) mass is 327 g/mol. The van der Waals surface area contributed by atoms with E-state index in [0.29, 0.717) is 18.0 Å². The molecule has 0 bridgehead atoms. The lowest BCUT2D eigenvalue weighted by Crippen LogP contribution is -2.24. The summed E-state index contributed by atoms with van der Waals surface area (Å²) in [5.41, 5.74) is 2.91. The van der Waals surface area contributed by atoms with Gasteiger partial charge in [0.2, 0.25) is 0 Å². The molecule has 1 N–H and O–H groups in total. The number of benzene rings is 2. The summed E-state index contributed by atoms with van der Waals surface area (Å²) in [6, 6.07) is 15.2. The van der Waals surface area contributed by atoms with Crippen LogP contribution in [0.15, 0.2) is 48.5 Å². The quantitative estimate of drug-likeness (QED) is 0.671. The molecule has 0 saturated heterocycles. The van der Waals surface area contributed by atoms with Crippen LogP contribution in [0.1, 0.15) is 23.1 Å². The Balaban J connectivity index is 1.69. The number of hydrogen-bond donors (Lipinski definition) is 1. The molecule has 2 aromatic carbocycles. The largest absolute Gasteiger partial charge is 0.445 e. The second-order valence-electron chi connectivity index (χ2n) is 5.06. The first-order valence-electron chi connectivity index (χ1n) is 7.34. The minimum Gasteiger partial charge on any atom is -0.445 e. The predicted molar refractivity (Wildman–Crippen MR) is 92.3 cm³/mol. The van der Waals surface area contributed by atoms with Crippen molar-refractivity contribution in [3.63, 3.8) is 0 Å². The van der Waals surface area contributed by atoms with Gasteiger partial charge >= 0.3 is 6.09 Å². The van der Waals surface area contributed by atoms with Gasteiger partial charge in [-0.3, -0.25) is 0 Å². The molecule has 0 aliphatic carbocycles. The van der Waals surface area contributed by atoms with Gasteiger partial charge in [-0.1, -0.05) is 53.8 Å². The van der Waals surface area contributed by atoms with E-state index in [-0.39, 0.29) is 6.61 Å². The van der Waals surface area contributed by atoms with E-state index in [1.165, 1.54) is 0 Å². The first kappa shape index (κ1) is 16.9. The van der Waals surface area contributed by atoms with Crippen LogP contribution in [0.3, 0.4) is 0 Å². The molecule has 23 heavy (non-hydrogen) atoms. The second-order valence-corrected chi connectivity index (χ2v) is 5.49. The van der Waals surface area contributed by atoms with Gasteiger partial charge in [0.05, 0.1) is 0 Å². The molecule has 4 heteroatoms. The van der Waals surface area contributed by atoms with Crippen molar-refractivity contribution in [2.75, 3.05) is 6.54 Å². The molecule has 0 aliphatic rings. The van der Waals surface area contributed by atoms with Crippen LogP contribution in [0.5, 0.6) is 0 Å². The highest BCUT2D eigenvalue weighted by atomic mass is 35.5. The maximum atomic E-state index is 11.5. The molecule has 0 radical (unpaired) electrons. The first-order chi connectivity index (χ1) is 11.1. The van der Waals surface area contributed by atoms with Crippen molar-refractivity contribution in [3.05, 3.63) is 70.2 Å². The zero-order valence-electron chi connectivity index (χ0n) is 12.9. The number of rotatable bonds is 4. The molecular formula is C19H18ClNO2. The Morgan fingerprint density at radius 2 is 2.00 bits per heavy atom. The number of amides is 1. The number of hydrogen-bond acceptors (Lipinski definition) is 2. The Morgan fingerprint density at radius 1 is 1.22 bits per heavy atom. The summed E-state index contributed by atoms with van der Waals surface area (Å²) in [7, 11) is 0. The molecule has 1 amide bonds. The van der Waals surface area contributed by atoms with E-state index in [2.05, 4.69) is 17.2 Å². The zero-order chi connectivity index (χ0) is 16.5. The van der Waals surface area contributed by atoms with Crippen LogP contribution in [0.4, 0.5) is 4.79 Å². The Labute approximate surface area is 141 Å². The number of carbonyl (C=O) groups is 1. The van der Waals surface area contributed by atoms with Crippen LogP contribution in [-0.4, -0.2) is 12.6 Å². The van der Waals surface area contributed by atoms with E-state index in [1.807, 2.05) is 55.5 Å². The molecule has 118 valence electrons. The lowest BCUT2D eigenvalue weighted by atomic mass is 10.1. The summed E-state index contributed by atoms with van der Waals surface area (Å²) in [6.07, 6.45) is 0.112. The van der Waals surface area contributed by atoms with Crippen molar-refractivity contribution in [2.45, 2.75) is 20.0 Å². The number of carbonyl (C=O) groups excluding carboxylic acids is 1. The van der Waals surface area contributed by atoms with Crippen molar-refractivity contribution in [1.29, 1.82) is 0 Å². The molecular weight excluding hydrogens is 310 g/mol. The van der Waals surface area contributed by atoms with Gasteiger partial charge in [0.15, 0.2) is 0 Å². The molecule has 0 atom stereocenters. The molecule has 0 fully saturated rings. The SMILES string of the molecule is Cc1cc(Cl)cc(C#CCCNC(=O)OCc2ccccc2)c1. The minimum atomic E-state index is -0.436. The lowest BCUT2D eigenvalue weighted by Gasteiger charge is -2.05. The average molecular weight is 328 g/mol. The Hall–Kier alpha value is -2.44. The summed E-state index contributed by atoms with van der Waals surface area (Å²) in [6.45, 7) is 2.68. The third-order valence-electron chi connectivity index (χ3n) is 3.01. The van der Waals surface area contributed by atoms with Crippen molar-refractivity contribution < 1.29 is 9.53 Å². The van der Waals surface area contributed by atoms with Gasteiger partial charge in [-0.05, 0) is 36.2 Å². The summed E-state index contributed by atoms with van der Waals surface area (Å²) < 4.78 is 5.11. The van der Waals surface area contributed by atoms with Crippen LogP contribution in [-0.2, 0) is 11.3 Å². The highest BCUT2D eigenvalue weighted by molar-refractivity contribution is 6.30. The number of halogens is 1.